The summed E-state index contributed by atoms with van der Waals surface area (Å²) in [6.07, 6.45) is 0. The summed E-state index contributed by atoms with van der Waals surface area (Å²) in [5.74, 6) is 0.627. The molecule has 104 valence electrons. The normalized spacial score (nSPS) is 10.9. The van der Waals surface area contributed by atoms with Gasteiger partial charge in [-0.3, -0.25) is 4.79 Å². The molecule has 1 N–H and O–H groups in total. The molecule has 0 aliphatic carbocycles. The Morgan fingerprint density at radius 3 is 2.35 bits per heavy atom. The Bertz CT molecular complexity index is 591. The van der Waals surface area contributed by atoms with Gasteiger partial charge in [-0.25, -0.2) is 0 Å². The quantitative estimate of drug-likeness (QED) is 0.857. The van der Waals surface area contributed by atoms with E-state index in [9.17, 15) is 4.79 Å². The summed E-state index contributed by atoms with van der Waals surface area (Å²) >= 11 is 0. The number of benzene rings is 2. The summed E-state index contributed by atoms with van der Waals surface area (Å²) in [6, 6.07) is 16.7. The summed E-state index contributed by atoms with van der Waals surface area (Å²) in [5, 5.41) is 2.87. The van der Waals surface area contributed by atoms with Crippen molar-refractivity contribution < 1.29 is 9.22 Å². The number of nitrogens with one attached hydrogen (secondary N) is 1. The molecule has 0 aliphatic heterocycles. The van der Waals surface area contributed by atoms with Gasteiger partial charge in [-0.05, 0) is 50.0 Å². The van der Waals surface area contributed by atoms with Gasteiger partial charge in [0.25, 0.3) is 5.91 Å². The van der Waals surface area contributed by atoms with E-state index in [0.717, 1.165) is 11.4 Å². The van der Waals surface area contributed by atoms with Gasteiger partial charge in [-0.2, -0.15) is 0 Å². The van der Waals surface area contributed by atoms with E-state index in [0.29, 0.717) is 5.56 Å². The van der Waals surface area contributed by atoms with Gasteiger partial charge in [0.05, 0.1) is 0 Å². The monoisotopic (exact) mass is 285 g/mol. The number of para-hydroxylation sites is 1. The van der Waals surface area contributed by atoms with Crippen molar-refractivity contribution >= 4 is 19.9 Å². The molecule has 2 rings (SSSR count). The Kier molecular flexibility index (Phi) is 4.25. The predicted molar refractivity (Wildman–Crippen MR) is 84.8 cm³/mol. The van der Waals surface area contributed by atoms with Crippen LogP contribution >= 0.6 is 0 Å². The van der Waals surface area contributed by atoms with E-state index in [1.807, 2.05) is 42.5 Å². The molecular formula is C16H19NO2Si. The van der Waals surface area contributed by atoms with Crippen LogP contribution in [0.2, 0.25) is 19.6 Å². The van der Waals surface area contributed by atoms with Crippen LogP contribution in [-0.4, -0.2) is 14.2 Å². The number of rotatable bonds is 4. The van der Waals surface area contributed by atoms with Crippen LogP contribution in [0.15, 0.2) is 54.6 Å². The first-order valence-corrected chi connectivity index (χ1v) is 10.0. The van der Waals surface area contributed by atoms with Gasteiger partial charge >= 0.3 is 0 Å². The fraction of sp³-hybridized carbons (Fsp3) is 0.188. The fourth-order valence-corrected chi connectivity index (χ4v) is 2.61. The molecule has 1 amide bonds. The molecule has 0 saturated heterocycles. The molecule has 0 radical (unpaired) electrons. The van der Waals surface area contributed by atoms with Crippen molar-refractivity contribution in [2.45, 2.75) is 19.6 Å². The molecule has 20 heavy (non-hydrogen) atoms. The summed E-state index contributed by atoms with van der Waals surface area (Å²) in [4.78, 5) is 12.2. The second-order valence-corrected chi connectivity index (χ2v) is 9.99. The van der Waals surface area contributed by atoms with Crippen molar-refractivity contribution in [1.82, 2.24) is 0 Å². The van der Waals surface area contributed by atoms with Crippen LogP contribution in [0.4, 0.5) is 5.69 Å². The van der Waals surface area contributed by atoms with E-state index in [2.05, 4.69) is 25.0 Å². The van der Waals surface area contributed by atoms with Crippen LogP contribution in [0.25, 0.3) is 0 Å². The molecular weight excluding hydrogens is 266 g/mol. The average molecular weight is 285 g/mol. The third-order valence-electron chi connectivity index (χ3n) is 2.55. The van der Waals surface area contributed by atoms with E-state index in [-0.39, 0.29) is 5.91 Å². The molecule has 0 atom stereocenters. The molecule has 0 saturated carbocycles. The van der Waals surface area contributed by atoms with Crippen molar-refractivity contribution in [3.63, 3.8) is 0 Å². The van der Waals surface area contributed by atoms with Crippen molar-refractivity contribution in [1.29, 1.82) is 0 Å². The minimum absolute atomic E-state index is 0.128. The van der Waals surface area contributed by atoms with Gasteiger partial charge in [-0.1, -0.05) is 24.3 Å². The van der Waals surface area contributed by atoms with Gasteiger partial charge in [0.2, 0.25) is 8.32 Å². The molecule has 0 heterocycles. The van der Waals surface area contributed by atoms with Gasteiger partial charge in [0.1, 0.15) is 5.75 Å². The lowest BCUT2D eigenvalue weighted by Crippen LogP contribution is -2.29. The zero-order valence-electron chi connectivity index (χ0n) is 12.0. The van der Waals surface area contributed by atoms with Gasteiger partial charge < -0.3 is 9.74 Å². The lowest BCUT2D eigenvalue weighted by Gasteiger charge is -2.19. The Morgan fingerprint density at radius 2 is 1.70 bits per heavy atom. The maximum atomic E-state index is 12.2. The van der Waals surface area contributed by atoms with E-state index >= 15 is 0 Å². The average Bonchev–Trinajstić information content (AvgIpc) is 2.38. The number of hydrogen-bond acceptors (Lipinski definition) is 2. The minimum Gasteiger partial charge on any atom is -0.544 e. The Labute approximate surface area is 120 Å². The third-order valence-corrected chi connectivity index (χ3v) is 3.40. The van der Waals surface area contributed by atoms with E-state index in [1.165, 1.54) is 0 Å². The van der Waals surface area contributed by atoms with Crippen LogP contribution in [-0.2, 0) is 0 Å². The van der Waals surface area contributed by atoms with Crippen LogP contribution in [0.1, 0.15) is 10.4 Å². The van der Waals surface area contributed by atoms with Crippen molar-refractivity contribution in [2.75, 3.05) is 5.32 Å². The molecule has 2 aromatic rings. The van der Waals surface area contributed by atoms with E-state index < -0.39 is 8.32 Å². The number of amides is 1. The molecule has 2 aromatic carbocycles. The molecule has 0 aromatic heterocycles. The first-order chi connectivity index (χ1) is 9.44. The highest BCUT2D eigenvalue weighted by Crippen LogP contribution is 2.18. The minimum atomic E-state index is -1.66. The first-order valence-electron chi connectivity index (χ1n) is 6.59. The molecule has 0 fully saturated rings. The van der Waals surface area contributed by atoms with Crippen molar-refractivity contribution in [2.24, 2.45) is 0 Å². The summed E-state index contributed by atoms with van der Waals surface area (Å²) in [7, 11) is -1.66. The largest absolute Gasteiger partial charge is 0.544 e. The molecule has 0 unspecified atom stereocenters. The third kappa shape index (κ3) is 4.24. The van der Waals surface area contributed by atoms with Gasteiger partial charge in [0.15, 0.2) is 0 Å². The molecule has 0 spiro atoms. The van der Waals surface area contributed by atoms with Gasteiger partial charge in [0, 0.05) is 11.3 Å². The smallest absolute Gasteiger partial charge is 0.255 e. The Balaban J connectivity index is 2.12. The number of hydrogen-bond donors (Lipinski definition) is 1. The highest BCUT2D eigenvalue weighted by Gasteiger charge is 2.17. The van der Waals surface area contributed by atoms with Crippen LogP contribution in [0.5, 0.6) is 5.75 Å². The summed E-state index contributed by atoms with van der Waals surface area (Å²) < 4.78 is 5.90. The lowest BCUT2D eigenvalue weighted by molar-refractivity contribution is 0.102. The molecule has 0 bridgehead atoms. The molecule has 4 heteroatoms. The predicted octanol–water partition coefficient (Wildman–Crippen LogP) is 4.15. The van der Waals surface area contributed by atoms with Crippen molar-refractivity contribution in [3.05, 3.63) is 60.2 Å². The standard InChI is InChI=1S/C16H19NO2Si/c1-20(2,3)19-15-11-7-8-13(12-15)16(18)17-14-9-5-4-6-10-14/h4-12H,1-3H3,(H,17,18). The maximum Gasteiger partial charge on any atom is 0.255 e. The number of anilines is 1. The fourth-order valence-electron chi connectivity index (χ4n) is 1.78. The SMILES string of the molecule is C[Si](C)(C)Oc1cccc(C(=O)Nc2ccccc2)c1. The van der Waals surface area contributed by atoms with Crippen molar-refractivity contribution in [3.8, 4) is 5.75 Å². The maximum absolute atomic E-state index is 12.2. The van der Waals surface area contributed by atoms with Gasteiger partial charge in [-0.15, -0.1) is 0 Å². The number of carbonyl (C=O) groups excluding carboxylic acids is 1. The second-order valence-electron chi connectivity index (χ2n) is 5.56. The van der Waals surface area contributed by atoms with E-state index in [4.69, 9.17) is 4.43 Å². The topological polar surface area (TPSA) is 38.3 Å². The zero-order valence-corrected chi connectivity index (χ0v) is 13.0. The Hall–Kier alpha value is -2.07. The first kappa shape index (κ1) is 14.3. The highest BCUT2D eigenvalue weighted by atomic mass is 28.4. The second kappa shape index (κ2) is 5.92. The zero-order chi connectivity index (χ0) is 14.6. The van der Waals surface area contributed by atoms with E-state index in [1.54, 1.807) is 12.1 Å². The summed E-state index contributed by atoms with van der Waals surface area (Å²) in [5.41, 5.74) is 1.39. The van der Waals surface area contributed by atoms with Crippen LogP contribution < -0.4 is 9.74 Å². The van der Waals surface area contributed by atoms with Crippen LogP contribution in [0.3, 0.4) is 0 Å². The highest BCUT2D eigenvalue weighted by molar-refractivity contribution is 6.70. The number of carbonyl (C=O) groups is 1. The molecule has 3 nitrogen and oxygen atoms in total. The Morgan fingerprint density at radius 1 is 1.00 bits per heavy atom. The lowest BCUT2D eigenvalue weighted by atomic mass is 10.2. The molecule has 0 aliphatic rings. The summed E-state index contributed by atoms with van der Waals surface area (Å²) in [6.45, 7) is 6.34. The van der Waals surface area contributed by atoms with Crippen LogP contribution in [0, 0.1) is 0 Å².